The van der Waals surface area contributed by atoms with Crippen LogP contribution in [-0.4, -0.2) is 88.9 Å². The monoisotopic (exact) mass is 819 g/mol. The number of para-hydroxylation sites is 1. The van der Waals surface area contributed by atoms with Gasteiger partial charge in [-0.3, -0.25) is 28.7 Å². The van der Waals surface area contributed by atoms with E-state index in [2.05, 4.69) is 15.4 Å². The third-order valence-electron chi connectivity index (χ3n) is 10.7. The lowest BCUT2D eigenvalue weighted by molar-refractivity contribution is -0.149. The van der Waals surface area contributed by atoms with Gasteiger partial charge in [0.25, 0.3) is 5.91 Å². The minimum atomic E-state index is -4.45. The van der Waals surface area contributed by atoms with Gasteiger partial charge in [-0.1, -0.05) is 24.3 Å². The second-order valence-corrected chi connectivity index (χ2v) is 18.3. The number of esters is 1. The fourth-order valence-corrected chi connectivity index (χ4v) is 10.7. The first kappa shape index (κ1) is 40.4. The van der Waals surface area contributed by atoms with Crippen LogP contribution in [0, 0.1) is 0 Å². The number of halogens is 1. The zero-order valence-electron chi connectivity index (χ0n) is 32.3. The number of methoxy groups -OCH3 is 1. The summed E-state index contributed by atoms with van der Waals surface area (Å²) in [7, 11) is -2.84. The number of benzene rings is 2. The molecule has 3 aliphatic rings. The quantitative estimate of drug-likeness (QED) is 0.109. The third-order valence-corrected chi connectivity index (χ3v) is 14.0. The Labute approximate surface area is 334 Å². The van der Waals surface area contributed by atoms with Crippen molar-refractivity contribution < 1.29 is 42.1 Å². The minimum Gasteiger partial charge on any atom is -0.496 e. The van der Waals surface area contributed by atoms with Crippen molar-refractivity contribution in [3.05, 3.63) is 89.1 Å². The Hall–Kier alpha value is -4.85. The lowest BCUT2D eigenvalue weighted by Gasteiger charge is -2.42. The number of alkyl halides is 1. The smallest absolute Gasteiger partial charge is 0.355 e. The van der Waals surface area contributed by atoms with Gasteiger partial charge in [0.05, 0.1) is 18.1 Å². The van der Waals surface area contributed by atoms with Gasteiger partial charge in [0.15, 0.2) is 0 Å². The molecule has 5 heterocycles. The molecule has 3 fully saturated rings. The van der Waals surface area contributed by atoms with Crippen molar-refractivity contribution in [2.24, 2.45) is 0 Å². The van der Waals surface area contributed by atoms with Gasteiger partial charge in [-0.25, -0.2) is 9.48 Å². The van der Waals surface area contributed by atoms with Gasteiger partial charge >= 0.3 is 13.5 Å². The summed E-state index contributed by atoms with van der Waals surface area (Å²) in [5, 5.41) is 6.04. The van der Waals surface area contributed by atoms with Crippen LogP contribution in [0.1, 0.15) is 85.5 Å². The van der Waals surface area contributed by atoms with Crippen molar-refractivity contribution in [2.75, 3.05) is 20.2 Å². The van der Waals surface area contributed by atoms with Gasteiger partial charge in [0.2, 0.25) is 17.7 Å². The second-order valence-electron chi connectivity index (χ2n) is 15.1. The van der Waals surface area contributed by atoms with Gasteiger partial charge in [-0.2, -0.15) is 0 Å². The minimum absolute atomic E-state index is 0.0197. The lowest BCUT2D eigenvalue weighted by Crippen LogP contribution is -2.58. The van der Waals surface area contributed by atoms with E-state index in [1.54, 1.807) is 79.5 Å². The number of hydrogen-bond donors (Lipinski definition) is 2. The van der Waals surface area contributed by atoms with E-state index >= 15 is 4.39 Å². The highest BCUT2D eigenvalue weighted by Gasteiger charge is 2.48. The zero-order chi connectivity index (χ0) is 40.4. The van der Waals surface area contributed by atoms with E-state index in [9.17, 15) is 23.7 Å². The predicted molar refractivity (Wildman–Crippen MR) is 213 cm³/mol. The standard InChI is InChI=1S/C41H47FN5O8PS/c1-24(2)54-41(51)25(3)45-56(52,55-30-10-6-5-7-11-30)37(42)26-13-16-35-27(19-26)20-36(57-35)38(48)44-32-12-8-9-29-14-15-33(47(29)39(32)49)40(50)46-22-28(23-46)31-21-43-18-17-34(31)53-4/h5-7,10-11,13,16-21,24-25,28-29,32-33,37H,8-9,12,14-15,22-23H2,1-4H3,(H,44,48)(H,45,52)/t25-,29-,32-,33-,37+,56-/m0/s1. The average molecular weight is 820 g/mol. The third kappa shape index (κ3) is 8.56. The van der Waals surface area contributed by atoms with E-state index in [4.69, 9.17) is 14.0 Å². The number of ether oxygens (including phenoxy) is 2. The number of amides is 3. The van der Waals surface area contributed by atoms with E-state index in [0.717, 1.165) is 24.2 Å². The van der Waals surface area contributed by atoms with Crippen LogP contribution in [0.4, 0.5) is 4.39 Å². The molecule has 7 rings (SSSR count). The molecule has 13 nitrogen and oxygen atoms in total. The number of nitrogens with zero attached hydrogens (tertiary/aromatic N) is 3. The highest BCUT2D eigenvalue weighted by Crippen LogP contribution is 2.58. The fourth-order valence-electron chi connectivity index (χ4n) is 7.87. The fraction of sp³-hybridized carbons (Fsp3) is 0.439. The van der Waals surface area contributed by atoms with Crippen molar-refractivity contribution in [2.45, 2.75) is 95.0 Å². The van der Waals surface area contributed by atoms with Crippen molar-refractivity contribution in [1.82, 2.24) is 25.2 Å². The SMILES string of the molecule is COc1ccncc1C1CN(C(=O)[C@@H]2CC[C@@H]3CCC[C@H](NC(=O)c4cc5cc([C@H](F)[P@@](=O)(N[C@@H](C)C(=O)OC(C)C)Oc6ccccc6)ccc5s4)C(=O)N32)C1. The molecule has 16 heteroatoms. The summed E-state index contributed by atoms with van der Waals surface area (Å²) in [4.78, 5) is 62.3. The van der Waals surface area contributed by atoms with Crippen LogP contribution in [0.25, 0.3) is 10.1 Å². The number of pyridine rings is 1. The number of nitrogens with one attached hydrogen (secondary N) is 2. The van der Waals surface area contributed by atoms with E-state index in [0.29, 0.717) is 47.3 Å². The van der Waals surface area contributed by atoms with Crippen LogP contribution in [-0.2, 0) is 23.7 Å². The van der Waals surface area contributed by atoms with Gasteiger partial charge in [0.1, 0.15) is 29.6 Å². The van der Waals surface area contributed by atoms with Crippen LogP contribution in [0.3, 0.4) is 0 Å². The van der Waals surface area contributed by atoms with Crippen molar-refractivity contribution >= 4 is 52.6 Å². The molecule has 0 radical (unpaired) electrons. The Bertz CT molecular complexity index is 2180. The van der Waals surface area contributed by atoms with E-state index in [1.807, 2.05) is 0 Å². The van der Waals surface area contributed by atoms with Gasteiger partial charge < -0.3 is 29.1 Å². The summed E-state index contributed by atoms with van der Waals surface area (Å²) >= 11 is 1.18. The first-order valence-corrected chi connectivity index (χ1v) is 21.8. The molecule has 6 atom stereocenters. The molecule has 0 unspecified atom stereocenters. The number of fused-ring (bicyclic) bond motifs is 2. The number of carbonyl (C=O) groups excluding carboxylic acids is 4. The number of thiophene rings is 1. The van der Waals surface area contributed by atoms with E-state index < -0.39 is 49.5 Å². The number of likely N-dealkylation sites (tertiary alicyclic amines) is 1. The summed E-state index contributed by atoms with van der Waals surface area (Å²) in [6.07, 6.45) is 6.20. The Morgan fingerprint density at radius 3 is 2.51 bits per heavy atom. The summed E-state index contributed by atoms with van der Waals surface area (Å²) in [6, 6.07) is 13.5. The molecule has 0 spiro atoms. The maximum absolute atomic E-state index is 16.5. The molecule has 4 aromatic rings. The van der Waals surface area contributed by atoms with Crippen molar-refractivity contribution in [3.8, 4) is 11.5 Å². The maximum atomic E-state index is 16.5. The molecule has 3 aliphatic heterocycles. The summed E-state index contributed by atoms with van der Waals surface area (Å²) in [5.41, 5.74) is 0.972. The largest absolute Gasteiger partial charge is 0.496 e. The highest BCUT2D eigenvalue weighted by molar-refractivity contribution is 7.57. The van der Waals surface area contributed by atoms with Crippen LogP contribution in [0.2, 0.25) is 0 Å². The van der Waals surface area contributed by atoms with Crippen molar-refractivity contribution in [3.63, 3.8) is 0 Å². The normalized spacial score (nSPS) is 21.9. The van der Waals surface area contributed by atoms with Gasteiger partial charge in [-0.05, 0) is 100 Å². The predicted octanol–water partition coefficient (Wildman–Crippen LogP) is 6.74. The molecule has 302 valence electrons. The molecule has 2 N–H and O–H groups in total. The van der Waals surface area contributed by atoms with Gasteiger partial charge in [0, 0.05) is 47.7 Å². The Morgan fingerprint density at radius 2 is 1.77 bits per heavy atom. The van der Waals surface area contributed by atoms with Crippen LogP contribution < -0.4 is 19.7 Å². The number of hydrogen-bond acceptors (Lipinski definition) is 10. The van der Waals surface area contributed by atoms with E-state index in [-0.39, 0.29) is 35.1 Å². The summed E-state index contributed by atoms with van der Waals surface area (Å²) < 4.78 is 47.9. The topological polar surface area (TPSA) is 156 Å². The molecule has 2 aromatic carbocycles. The van der Waals surface area contributed by atoms with Gasteiger partial charge in [-0.15, -0.1) is 11.3 Å². The van der Waals surface area contributed by atoms with Crippen molar-refractivity contribution in [1.29, 1.82) is 0 Å². The number of carbonyl (C=O) groups is 4. The lowest BCUT2D eigenvalue weighted by atomic mass is 9.91. The highest BCUT2D eigenvalue weighted by atomic mass is 32.1. The van der Waals surface area contributed by atoms with Crippen LogP contribution in [0.5, 0.6) is 11.5 Å². The Morgan fingerprint density at radius 1 is 1.00 bits per heavy atom. The zero-order valence-corrected chi connectivity index (χ0v) is 34.0. The molecule has 3 amide bonds. The first-order valence-electron chi connectivity index (χ1n) is 19.2. The maximum Gasteiger partial charge on any atom is 0.355 e. The Kier molecular flexibility index (Phi) is 12.0. The van der Waals surface area contributed by atoms with E-state index in [1.165, 1.54) is 42.5 Å². The average Bonchev–Trinajstić information content (AvgIpc) is 3.77. The number of aromatic nitrogens is 1. The molecule has 2 aromatic heterocycles. The molecule has 57 heavy (non-hydrogen) atoms. The van der Waals surface area contributed by atoms with Crippen LogP contribution in [0.15, 0.2) is 73.1 Å². The van der Waals surface area contributed by atoms with Crippen LogP contribution >= 0.6 is 18.9 Å². The Balaban J connectivity index is 1.04. The molecular weight excluding hydrogens is 773 g/mol. The number of rotatable bonds is 13. The molecule has 0 saturated carbocycles. The molecular formula is C41H47FN5O8PS. The molecule has 0 bridgehead atoms. The second kappa shape index (κ2) is 16.9. The molecule has 3 saturated heterocycles. The summed E-state index contributed by atoms with van der Waals surface area (Å²) in [6.45, 7) is 5.81. The summed E-state index contributed by atoms with van der Waals surface area (Å²) in [5.74, 6) is -2.72. The first-order chi connectivity index (χ1) is 27.3. The molecule has 0 aliphatic carbocycles.